The molecule has 0 aromatic carbocycles. The zero-order valence-corrected chi connectivity index (χ0v) is 22.9. The van der Waals surface area contributed by atoms with Crippen LogP contribution in [-0.4, -0.2) is 46.2 Å². The van der Waals surface area contributed by atoms with Crippen LogP contribution in [0.15, 0.2) is 12.2 Å². The van der Waals surface area contributed by atoms with E-state index in [2.05, 4.69) is 32.9 Å². The first kappa shape index (κ1) is 29.3. The maximum Gasteiger partial charge on any atom is 0.308 e. The van der Waals surface area contributed by atoms with E-state index in [-0.39, 0.29) is 17.5 Å². The van der Waals surface area contributed by atoms with E-state index in [1.54, 1.807) is 0 Å². The number of carbonyl (C=O) groups is 1. The number of carbonyl (C=O) groups excluding carboxylic acids is 1. The molecule has 0 bridgehead atoms. The number of allylic oxidation sites excluding steroid dienone is 1. The molecule has 0 saturated carbocycles. The number of fused-ring (bicyclic) bond motifs is 1. The van der Waals surface area contributed by atoms with Gasteiger partial charge in [-0.2, -0.15) is 0 Å². The third kappa shape index (κ3) is 8.95. The van der Waals surface area contributed by atoms with Crippen LogP contribution in [0.1, 0.15) is 112 Å². The molecule has 8 unspecified atom stereocenters. The molecule has 0 aromatic heterocycles. The highest BCUT2D eigenvalue weighted by molar-refractivity contribution is 5.71. The van der Waals surface area contributed by atoms with Crippen molar-refractivity contribution < 1.29 is 24.5 Å². The van der Waals surface area contributed by atoms with E-state index in [0.29, 0.717) is 43.1 Å². The van der Waals surface area contributed by atoms with Gasteiger partial charge in [0.25, 0.3) is 0 Å². The van der Waals surface area contributed by atoms with E-state index < -0.39 is 11.2 Å². The van der Waals surface area contributed by atoms with Crippen molar-refractivity contribution in [2.45, 2.75) is 135 Å². The molecule has 2 rings (SSSR count). The van der Waals surface area contributed by atoms with Crippen molar-refractivity contribution >= 4 is 5.97 Å². The Balaban J connectivity index is 1.69. The molecular weight excluding hydrogens is 428 g/mol. The molecule has 198 valence electrons. The molecule has 0 spiro atoms. The van der Waals surface area contributed by atoms with Crippen molar-refractivity contribution in [3.8, 4) is 0 Å². The molecule has 5 heteroatoms. The van der Waals surface area contributed by atoms with E-state index in [4.69, 9.17) is 9.47 Å². The highest BCUT2D eigenvalue weighted by atomic mass is 16.5. The fourth-order valence-electron chi connectivity index (χ4n) is 5.84. The summed E-state index contributed by atoms with van der Waals surface area (Å²) >= 11 is 0. The van der Waals surface area contributed by atoms with Gasteiger partial charge in [-0.05, 0) is 103 Å². The smallest absolute Gasteiger partial charge is 0.308 e. The molecule has 1 aliphatic carbocycles. The fourth-order valence-corrected chi connectivity index (χ4v) is 5.84. The minimum Gasteiger partial charge on any atom is -0.469 e. The molecule has 34 heavy (non-hydrogen) atoms. The van der Waals surface area contributed by atoms with E-state index in [1.807, 2.05) is 20.8 Å². The lowest BCUT2D eigenvalue weighted by Crippen LogP contribution is -2.48. The number of rotatable bonds is 13. The van der Waals surface area contributed by atoms with Crippen molar-refractivity contribution in [3.63, 3.8) is 0 Å². The Morgan fingerprint density at radius 2 is 1.68 bits per heavy atom. The third-order valence-corrected chi connectivity index (χ3v) is 8.67. The van der Waals surface area contributed by atoms with Gasteiger partial charge >= 0.3 is 5.97 Å². The number of ether oxygens (including phenoxy) is 2. The normalized spacial score (nSPS) is 33.4. The standard InChI is InChI=1S/C29H52O5/c1-21-12-13-24-14-20-29(6,34-25(24)23(21)3)19-10-18-28(5,32)17-9-16-27(4,31)15-8-11-22(2)26(30)33-7/h12-13,21-25,31-32H,8-11,14-20H2,1-7H3. The van der Waals surface area contributed by atoms with Crippen LogP contribution in [0.25, 0.3) is 0 Å². The average molecular weight is 481 g/mol. The molecule has 2 aliphatic rings. The summed E-state index contributed by atoms with van der Waals surface area (Å²) in [5.41, 5.74) is -1.59. The highest BCUT2D eigenvalue weighted by Crippen LogP contribution is 2.43. The summed E-state index contributed by atoms with van der Waals surface area (Å²) in [5.74, 6) is 1.34. The summed E-state index contributed by atoms with van der Waals surface area (Å²) in [4.78, 5) is 11.5. The van der Waals surface area contributed by atoms with Gasteiger partial charge in [0.05, 0.1) is 35.9 Å². The van der Waals surface area contributed by atoms with Crippen molar-refractivity contribution in [3.05, 3.63) is 12.2 Å². The quantitative estimate of drug-likeness (QED) is 0.242. The predicted molar refractivity (Wildman–Crippen MR) is 137 cm³/mol. The molecule has 8 atom stereocenters. The lowest BCUT2D eigenvalue weighted by atomic mass is 9.72. The van der Waals surface area contributed by atoms with Crippen LogP contribution in [0.2, 0.25) is 0 Å². The molecule has 1 heterocycles. The van der Waals surface area contributed by atoms with Crippen molar-refractivity contribution in [1.29, 1.82) is 0 Å². The molecule has 0 aromatic rings. The molecule has 1 saturated heterocycles. The fraction of sp³-hybridized carbons (Fsp3) is 0.897. The minimum absolute atomic E-state index is 0.0958. The van der Waals surface area contributed by atoms with Gasteiger partial charge in [-0.25, -0.2) is 0 Å². The second kappa shape index (κ2) is 12.4. The summed E-state index contributed by atoms with van der Waals surface area (Å²) in [7, 11) is 1.41. The van der Waals surface area contributed by atoms with E-state index in [9.17, 15) is 15.0 Å². The summed E-state index contributed by atoms with van der Waals surface area (Å²) < 4.78 is 11.4. The highest BCUT2D eigenvalue weighted by Gasteiger charge is 2.42. The van der Waals surface area contributed by atoms with E-state index in [0.717, 1.165) is 44.9 Å². The Morgan fingerprint density at radius 1 is 1.09 bits per heavy atom. The SMILES string of the molecule is COC(=O)C(C)CCCC(C)(O)CCCC(C)(O)CCCC1(C)CCC2C=CC(C)C(C)C2O1. The van der Waals surface area contributed by atoms with Gasteiger partial charge in [0.1, 0.15) is 0 Å². The van der Waals surface area contributed by atoms with Crippen molar-refractivity contribution in [2.75, 3.05) is 7.11 Å². The van der Waals surface area contributed by atoms with Crippen molar-refractivity contribution in [1.82, 2.24) is 0 Å². The number of methoxy groups -OCH3 is 1. The van der Waals surface area contributed by atoms with Gasteiger partial charge in [0.15, 0.2) is 0 Å². The molecule has 1 aliphatic heterocycles. The second-order valence-corrected chi connectivity index (χ2v) is 12.4. The van der Waals surface area contributed by atoms with Gasteiger partial charge in [-0.3, -0.25) is 4.79 Å². The zero-order valence-electron chi connectivity index (χ0n) is 22.9. The number of hydrogen-bond donors (Lipinski definition) is 2. The number of hydrogen-bond acceptors (Lipinski definition) is 5. The first-order valence-electron chi connectivity index (χ1n) is 13.7. The Hall–Kier alpha value is -0.910. The topological polar surface area (TPSA) is 76.0 Å². The van der Waals surface area contributed by atoms with Gasteiger partial charge in [0.2, 0.25) is 0 Å². The van der Waals surface area contributed by atoms with Gasteiger partial charge in [-0.1, -0.05) is 32.9 Å². The van der Waals surface area contributed by atoms with E-state index >= 15 is 0 Å². The van der Waals surface area contributed by atoms with Gasteiger partial charge in [-0.15, -0.1) is 0 Å². The lowest BCUT2D eigenvalue weighted by molar-refractivity contribution is -0.165. The number of aliphatic hydroxyl groups is 2. The van der Waals surface area contributed by atoms with Crippen LogP contribution < -0.4 is 0 Å². The molecule has 1 fully saturated rings. The number of esters is 1. The first-order chi connectivity index (χ1) is 15.8. The maximum atomic E-state index is 11.5. The monoisotopic (exact) mass is 480 g/mol. The van der Waals surface area contributed by atoms with Gasteiger partial charge < -0.3 is 19.7 Å². The average Bonchev–Trinajstić information content (AvgIpc) is 2.75. The van der Waals surface area contributed by atoms with Crippen LogP contribution in [0.4, 0.5) is 0 Å². The lowest BCUT2D eigenvalue weighted by Gasteiger charge is -2.47. The molecular formula is C29H52O5. The van der Waals surface area contributed by atoms with Crippen LogP contribution >= 0.6 is 0 Å². The Morgan fingerprint density at radius 3 is 2.29 bits per heavy atom. The minimum atomic E-state index is -0.770. The molecule has 0 radical (unpaired) electrons. The summed E-state index contributed by atoms with van der Waals surface area (Å²) in [6, 6.07) is 0. The summed E-state index contributed by atoms with van der Waals surface area (Å²) in [5, 5.41) is 21.7. The maximum absolute atomic E-state index is 11.5. The second-order valence-electron chi connectivity index (χ2n) is 12.4. The van der Waals surface area contributed by atoms with E-state index in [1.165, 1.54) is 13.5 Å². The van der Waals surface area contributed by atoms with Crippen molar-refractivity contribution in [2.24, 2.45) is 23.7 Å². The molecule has 2 N–H and O–H groups in total. The van der Waals surface area contributed by atoms with Crippen LogP contribution in [-0.2, 0) is 14.3 Å². The van der Waals surface area contributed by atoms with Crippen LogP contribution in [0, 0.1) is 23.7 Å². The van der Waals surface area contributed by atoms with Gasteiger partial charge in [0, 0.05) is 5.92 Å². The van der Waals surface area contributed by atoms with Crippen LogP contribution in [0.3, 0.4) is 0 Å². The summed E-state index contributed by atoms with van der Waals surface area (Å²) in [6.45, 7) is 12.5. The summed E-state index contributed by atoms with van der Waals surface area (Å²) in [6.07, 6.45) is 14.3. The molecule has 0 amide bonds. The largest absolute Gasteiger partial charge is 0.469 e. The zero-order chi connectivity index (χ0) is 25.6. The van der Waals surface area contributed by atoms with Crippen LogP contribution in [0.5, 0.6) is 0 Å². The predicted octanol–water partition coefficient (Wildman–Crippen LogP) is 6.20. The third-order valence-electron chi connectivity index (χ3n) is 8.67. The first-order valence-corrected chi connectivity index (χ1v) is 13.7. The molecule has 5 nitrogen and oxygen atoms in total. The Bertz CT molecular complexity index is 669. The Labute approximate surface area is 208 Å². The Kier molecular flexibility index (Phi) is 10.7.